The lowest BCUT2D eigenvalue weighted by Crippen LogP contribution is -2.53. The van der Waals surface area contributed by atoms with Gasteiger partial charge in [0.15, 0.2) is 0 Å². The van der Waals surface area contributed by atoms with Gasteiger partial charge in [-0.1, -0.05) is 38.1 Å². The smallest absolute Gasteiger partial charge is 0.399 e. The molecular weight excluding hydrogens is 273 g/mol. The van der Waals surface area contributed by atoms with Crippen molar-refractivity contribution in [2.24, 2.45) is 5.41 Å². The highest BCUT2D eigenvalue weighted by molar-refractivity contribution is 6.62. The Labute approximate surface area is 135 Å². The van der Waals surface area contributed by atoms with E-state index in [0.29, 0.717) is 5.41 Å². The van der Waals surface area contributed by atoms with Crippen LogP contribution in [0.15, 0.2) is 24.3 Å². The van der Waals surface area contributed by atoms with Crippen molar-refractivity contribution in [3.63, 3.8) is 0 Å². The van der Waals surface area contributed by atoms with Crippen molar-refractivity contribution < 1.29 is 9.31 Å². The molecule has 2 saturated heterocycles. The van der Waals surface area contributed by atoms with Gasteiger partial charge in [0, 0.05) is 19.6 Å². The number of rotatable bonds is 3. The summed E-state index contributed by atoms with van der Waals surface area (Å²) in [4.78, 5) is 2.49. The van der Waals surface area contributed by atoms with E-state index in [4.69, 9.17) is 9.31 Å². The van der Waals surface area contributed by atoms with Gasteiger partial charge < -0.3 is 9.31 Å². The molecule has 0 unspecified atom stereocenters. The minimum Gasteiger partial charge on any atom is -0.399 e. The zero-order valence-corrected chi connectivity index (χ0v) is 14.8. The van der Waals surface area contributed by atoms with Crippen LogP contribution in [0.1, 0.15) is 47.1 Å². The first-order valence-electron chi connectivity index (χ1n) is 8.26. The van der Waals surface area contributed by atoms with Gasteiger partial charge in [0.1, 0.15) is 0 Å². The summed E-state index contributed by atoms with van der Waals surface area (Å²) in [7, 11) is -0.268. The Balaban J connectivity index is 1.78. The molecule has 0 saturated carbocycles. The molecule has 0 aliphatic carbocycles. The molecule has 0 amide bonds. The summed E-state index contributed by atoms with van der Waals surface area (Å²) in [6.07, 6.45) is 0. The van der Waals surface area contributed by atoms with Gasteiger partial charge in [-0.2, -0.15) is 0 Å². The van der Waals surface area contributed by atoms with E-state index in [2.05, 4.69) is 70.7 Å². The third-order valence-electron chi connectivity index (χ3n) is 5.26. The summed E-state index contributed by atoms with van der Waals surface area (Å²) in [5.74, 6) is 0. The Hall–Kier alpha value is -0.835. The van der Waals surface area contributed by atoms with Crippen molar-refractivity contribution in [2.75, 3.05) is 13.1 Å². The van der Waals surface area contributed by atoms with Crippen LogP contribution < -0.4 is 5.46 Å². The van der Waals surface area contributed by atoms with Gasteiger partial charge in [0.05, 0.1) is 11.2 Å². The van der Waals surface area contributed by atoms with Gasteiger partial charge >= 0.3 is 7.12 Å². The Morgan fingerprint density at radius 2 is 1.50 bits per heavy atom. The first kappa shape index (κ1) is 16.0. The molecule has 2 aliphatic rings. The van der Waals surface area contributed by atoms with E-state index < -0.39 is 0 Å². The molecule has 4 heteroatoms. The Bertz CT molecular complexity index is 544. The molecule has 0 radical (unpaired) electrons. The summed E-state index contributed by atoms with van der Waals surface area (Å²) in [6.45, 7) is 16.4. The molecule has 3 nitrogen and oxygen atoms in total. The van der Waals surface area contributed by atoms with Crippen molar-refractivity contribution in [3.05, 3.63) is 29.8 Å². The van der Waals surface area contributed by atoms with Crippen LogP contribution in [0.3, 0.4) is 0 Å². The lowest BCUT2D eigenvalue weighted by molar-refractivity contribution is 0.00578. The molecule has 2 aliphatic heterocycles. The predicted octanol–water partition coefficient (Wildman–Crippen LogP) is 2.83. The van der Waals surface area contributed by atoms with Crippen LogP contribution in [0.2, 0.25) is 0 Å². The molecule has 120 valence electrons. The molecule has 22 heavy (non-hydrogen) atoms. The minimum absolute atomic E-state index is 0.268. The van der Waals surface area contributed by atoms with E-state index in [1.165, 1.54) is 11.0 Å². The topological polar surface area (TPSA) is 21.7 Å². The molecule has 0 spiro atoms. The van der Waals surface area contributed by atoms with E-state index in [-0.39, 0.29) is 18.3 Å². The van der Waals surface area contributed by atoms with Crippen LogP contribution in [0.5, 0.6) is 0 Å². The molecule has 0 bridgehead atoms. The van der Waals surface area contributed by atoms with Gasteiger partial charge in [-0.15, -0.1) is 0 Å². The van der Waals surface area contributed by atoms with Crippen LogP contribution in [0.4, 0.5) is 0 Å². The molecule has 0 atom stereocenters. The van der Waals surface area contributed by atoms with E-state index >= 15 is 0 Å². The SMILES string of the molecule is CC1(C)CN(Cc2ccccc2B2OC(C)(C)C(C)(C)O2)C1. The summed E-state index contributed by atoms with van der Waals surface area (Å²) < 4.78 is 12.4. The van der Waals surface area contributed by atoms with Crippen LogP contribution in [-0.4, -0.2) is 36.3 Å². The largest absolute Gasteiger partial charge is 0.495 e. The van der Waals surface area contributed by atoms with E-state index in [1.807, 2.05) is 0 Å². The second kappa shape index (κ2) is 5.08. The van der Waals surface area contributed by atoms with Crippen molar-refractivity contribution in [3.8, 4) is 0 Å². The highest BCUT2D eigenvalue weighted by Gasteiger charge is 2.52. The number of hydrogen-bond acceptors (Lipinski definition) is 3. The minimum atomic E-state index is -0.288. The van der Waals surface area contributed by atoms with Gasteiger partial charge in [0.2, 0.25) is 0 Å². The average molecular weight is 301 g/mol. The van der Waals surface area contributed by atoms with Crippen molar-refractivity contribution in [1.29, 1.82) is 0 Å². The number of hydrogen-bond donors (Lipinski definition) is 0. The third-order valence-corrected chi connectivity index (χ3v) is 5.26. The predicted molar refractivity (Wildman–Crippen MR) is 91.2 cm³/mol. The van der Waals surface area contributed by atoms with Gasteiger partial charge in [-0.05, 0) is 44.1 Å². The van der Waals surface area contributed by atoms with E-state index in [1.54, 1.807) is 0 Å². The van der Waals surface area contributed by atoms with Crippen molar-refractivity contribution in [2.45, 2.75) is 59.3 Å². The molecule has 0 N–H and O–H groups in total. The molecule has 2 heterocycles. The third kappa shape index (κ3) is 2.84. The van der Waals surface area contributed by atoms with Crippen LogP contribution >= 0.6 is 0 Å². The zero-order valence-electron chi connectivity index (χ0n) is 14.8. The fourth-order valence-electron chi connectivity index (χ4n) is 3.40. The molecule has 1 aromatic carbocycles. The summed E-state index contributed by atoms with van der Waals surface area (Å²) >= 11 is 0. The van der Waals surface area contributed by atoms with Gasteiger partial charge in [-0.3, -0.25) is 4.90 Å². The zero-order chi connectivity index (χ0) is 16.2. The highest BCUT2D eigenvalue weighted by Crippen LogP contribution is 2.37. The fraction of sp³-hybridized carbons (Fsp3) is 0.667. The van der Waals surface area contributed by atoms with Crippen molar-refractivity contribution in [1.82, 2.24) is 4.90 Å². The monoisotopic (exact) mass is 301 g/mol. The lowest BCUT2D eigenvalue weighted by atomic mass is 9.75. The maximum Gasteiger partial charge on any atom is 0.495 e. The second-order valence-electron chi connectivity index (χ2n) is 8.60. The van der Waals surface area contributed by atoms with Crippen LogP contribution in [-0.2, 0) is 15.9 Å². The first-order chi connectivity index (χ1) is 10.1. The maximum absolute atomic E-state index is 6.22. The molecular formula is C18H28BNO2. The standard InChI is InChI=1S/C18H28BNO2/c1-16(2)12-20(13-16)11-14-9-7-8-10-15(14)19-21-17(3,4)18(5,6)22-19/h7-10H,11-13H2,1-6H3. The van der Waals surface area contributed by atoms with E-state index in [9.17, 15) is 0 Å². The van der Waals surface area contributed by atoms with Crippen LogP contribution in [0.25, 0.3) is 0 Å². The average Bonchev–Trinajstić information content (AvgIpc) is 2.56. The lowest BCUT2D eigenvalue weighted by Gasteiger charge is -2.46. The number of likely N-dealkylation sites (tertiary alicyclic amines) is 1. The van der Waals surface area contributed by atoms with Gasteiger partial charge in [0.25, 0.3) is 0 Å². The molecule has 0 aromatic heterocycles. The molecule has 2 fully saturated rings. The first-order valence-corrected chi connectivity index (χ1v) is 8.26. The number of benzene rings is 1. The van der Waals surface area contributed by atoms with E-state index in [0.717, 1.165) is 19.6 Å². The normalized spacial score (nSPS) is 26.0. The Morgan fingerprint density at radius 3 is 2.05 bits per heavy atom. The maximum atomic E-state index is 6.22. The molecule has 1 aromatic rings. The Kier molecular flexibility index (Phi) is 3.71. The summed E-state index contributed by atoms with van der Waals surface area (Å²) in [6, 6.07) is 8.52. The second-order valence-corrected chi connectivity index (χ2v) is 8.60. The highest BCUT2D eigenvalue weighted by atomic mass is 16.7. The van der Waals surface area contributed by atoms with Gasteiger partial charge in [-0.25, -0.2) is 0 Å². The Morgan fingerprint density at radius 1 is 0.955 bits per heavy atom. The molecule has 3 rings (SSSR count). The summed E-state index contributed by atoms with van der Waals surface area (Å²) in [5, 5.41) is 0. The quantitative estimate of drug-likeness (QED) is 0.801. The van der Waals surface area contributed by atoms with Crippen molar-refractivity contribution >= 4 is 12.6 Å². The number of nitrogens with zero attached hydrogens (tertiary/aromatic N) is 1. The van der Waals surface area contributed by atoms with Crippen LogP contribution in [0, 0.1) is 5.41 Å². The fourth-order valence-corrected chi connectivity index (χ4v) is 3.40. The summed E-state index contributed by atoms with van der Waals surface area (Å²) in [5.41, 5.74) is 2.37.